The average Bonchev–Trinajstić information content (AvgIpc) is 3.14. The Hall–Kier alpha value is -2.70. The highest BCUT2D eigenvalue weighted by molar-refractivity contribution is 5.70. The lowest BCUT2D eigenvalue weighted by molar-refractivity contribution is -0.188. The standard InChI is InChI=1S/C46H74O6/c1-7-11-13-15-17-19-21-25-39-29-33-41(34-30-39)43(9-3)49-37(5)51-45(47)27-23-24-28-46(48)52-38(6)50-44(10-4)42-35-31-40(32-36-42)26-22-20-18-16-14-12-8-2/h29-38,43-44H,7-28H2,1-6H3. The van der Waals surface area contributed by atoms with Crippen LogP contribution in [-0.4, -0.2) is 24.5 Å². The van der Waals surface area contributed by atoms with Crippen LogP contribution in [0.2, 0.25) is 0 Å². The van der Waals surface area contributed by atoms with E-state index in [0.29, 0.717) is 12.8 Å². The summed E-state index contributed by atoms with van der Waals surface area (Å²) in [6.07, 6.45) is 22.2. The molecular formula is C46H74O6. The Morgan fingerprint density at radius 2 is 0.788 bits per heavy atom. The molecule has 0 aliphatic heterocycles. The van der Waals surface area contributed by atoms with Crippen molar-refractivity contribution in [1.29, 1.82) is 0 Å². The average molecular weight is 723 g/mol. The van der Waals surface area contributed by atoms with Gasteiger partial charge < -0.3 is 18.9 Å². The van der Waals surface area contributed by atoms with Crippen molar-refractivity contribution in [3.63, 3.8) is 0 Å². The summed E-state index contributed by atoms with van der Waals surface area (Å²) in [5.74, 6) is -0.645. The molecule has 0 saturated carbocycles. The number of carbonyl (C=O) groups excluding carboxylic acids is 2. The van der Waals surface area contributed by atoms with Gasteiger partial charge in [0.2, 0.25) is 12.6 Å². The molecule has 4 atom stereocenters. The van der Waals surface area contributed by atoms with Crippen molar-refractivity contribution < 1.29 is 28.5 Å². The van der Waals surface area contributed by atoms with E-state index >= 15 is 0 Å². The molecule has 0 aliphatic rings. The molecule has 0 radical (unpaired) electrons. The van der Waals surface area contributed by atoms with Gasteiger partial charge in [-0.05, 0) is 87.5 Å². The number of carbonyl (C=O) groups is 2. The van der Waals surface area contributed by atoms with Gasteiger partial charge in [0.25, 0.3) is 0 Å². The van der Waals surface area contributed by atoms with Crippen molar-refractivity contribution in [3.8, 4) is 0 Å². The maximum absolute atomic E-state index is 12.5. The van der Waals surface area contributed by atoms with Crippen LogP contribution in [0, 0.1) is 0 Å². The zero-order valence-corrected chi connectivity index (χ0v) is 33.9. The Bertz CT molecular complexity index is 1080. The first kappa shape index (κ1) is 45.5. The summed E-state index contributed by atoms with van der Waals surface area (Å²) < 4.78 is 23.3. The van der Waals surface area contributed by atoms with E-state index in [0.717, 1.165) is 36.8 Å². The topological polar surface area (TPSA) is 71.1 Å². The molecule has 0 fully saturated rings. The maximum Gasteiger partial charge on any atom is 0.308 e. The van der Waals surface area contributed by atoms with E-state index in [1.165, 1.54) is 101 Å². The molecule has 0 spiro atoms. The zero-order valence-electron chi connectivity index (χ0n) is 33.9. The highest BCUT2D eigenvalue weighted by atomic mass is 16.7. The third kappa shape index (κ3) is 20.5. The number of esters is 2. The molecule has 0 saturated heterocycles. The number of hydrogen-bond acceptors (Lipinski definition) is 6. The molecule has 2 aromatic rings. The van der Waals surface area contributed by atoms with Gasteiger partial charge in [0.1, 0.15) is 0 Å². The minimum absolute atomic E-state index is 0.138. The van der Waals surface area contributed by atoms with Crippen molar-refractivity contribution in [1.82, 2.24) is 0 Å². The molecule has 294 valence electrons. The highest BCUT2D eigenvalue weighted by Crippen LogP contribution is 2.26. The molecule has 0 heterocycles. The molecule has 0 N–H and O–H groups in total. The number of rotatable bonds is 31. The predicted molar refractivity (Wildman–Crippen MR) is 214 cm³/mol. The van der Waals surface area contributed by atoms with Crippen LogP contribution in [0.1, 0.15) is 204 Å². The van der Waals surface area contributed by atoms with Crippen LogP contribution >= 0.6 is 0 Å². The molecule has 2 aromatic carbocycles. The van der Waals surface area contributed by atoms with Crippen LogP contribution in [0.5, 0.6) is 0 Å². The number of ether oxygens (including phenoxy) is 4. The van der Waals surface area contributed by atoms with E-state index < -0.39 is 12.6 Å². The summed E-state index contributed by atoms with van der Waals surface area (Å²) in [6, 6.07) is 17.4. The van der Waals surface area contributed by atoms with Crippen molar-refractivity contribution in [2.45, 2.75) is 208 Å². The van der Waals surface area contributed by atoms with Gasteiger partial charge in [-0.1, -0.05) is 153 Å². The van der Waals surface area contributed by atoms with E-state index in [4.69, 9.17) is 18.9 Å². The first-order valence-corrected chi connectivity index (χ1v) is 21.2. The second kappa shape index (κ2) is 28.8. The van der Waals surface area contributed by atoms with Crippen molar-refractivity contribution in [2.75, 3.05) is 0 Å². The molecule has 0 aromatic heterocycles. The third-order valence-electron chi connectivity index (χ3n) is 9.90. The Morgan fingerprint density at radius 3 is 1.12 bits per heavy atom. The summed E-state index contributed by atoms with van der Waals surface area (Å²) in [5, 5.41) is 0. The fraction of sp³-hybridized carbons (Fsp3) is 0.696. The quantitative estimate of drug-likeness (QED) is 0.0438. The van der Waals surface area contributed by atoms with Gasteiger partial charge in [0.05, 0.1) is 12.2 Å². The van der Waals surface area contributed by atoms with E-state index in [-0.39, 0.29) is 37.0 Å². The molecular weight excluding hydrogens is 648 g/mol. The summed E-state index contributed by atoms with van der Waals surface area (Å²) in [6.45, 7) is 12.2. The van der Waals surface area contributed by atoms with Crippen LogP contribution < -0.4 is 0 Å². The Morgan fingerprint density at radius 1 is 0.462 bits per heavy atom. The van der Waals surface area contributed by atoms with Crippen LogP contribution in [0.15, 0.2) is 48.5 Å². The van der Waals surface area contributed by atoms with Crippen LogP contribution in [0.3, 0.4) is 0 Å². The SMILES string of the molecule is CCCCCCCCCc1ccc(C(CC)OC(C)OC(=O)CCCCC(=O)OC(C)OC(CC)c2ccc(CCCCCCCCC)cc2)cc1. The Kier molecular flexibility index (Phi) is 25.1. The van der Waals surface area contributed by atoms with Crippen molar-refractivity contribution in [3.05, 3.63) is 70.8 Å². The molecule has 52 heavy (non-hydrogen) atoms. The number of aryl methyl sites for hydroxylation is 2. The predicted octanol–water partition coefficient (Wildman–Crippen LogP) is 13.2. The highest BCUT2D eigenvalue weighted by Gasteiger charge is 2.19. The van der Waals surface area contributed by atoms with E-state index in [1.54, 1.807) is 13.8 Å². The molecule has 0 aliphatic carbocycles. The molecule has 6 nitrogen and oxygen atoms in total. The van der Waals surface area contributed by atoms with Crippen molar-refractivity contribution >= 4 is 11.9 Å². The lowest BCUT2D eigenvalue weighted by Crippen LogP contribution is -2.21. The lowest BCUT2D eigenvalue weighted by Gasteiger charge is -2.22. The molecule has 6 heteroatoms. The summed E-state index contributed by atoms with van der Waals surface area (Å²) in [4.78, 5) is 25.0. The second-order valence-electron chi connectivity index (χ2n) is 14.6. The first-order chi connectivity index (χ1) is 25.3. The molecule has 4 unspecified atom stereocenters. The smallest absolute Gasteiger partial charge is 0.308 e. The lowest BCUT2D eigenvalue weighted by atomic mass is 10.0. The summed E-state index contributed by atoms with van der Waals surface area (Å²) >= 11 is 0. The van der Waals surface area contributed by atoms with Gasteiger partial charge in [0, 0.05) is 12.8 Å². The van der Waals surface area contributed by atoms with Crippen LogP contribution in [0.4, 0.5) is 0 Å². The third-order valence-corrected chi connectivity index (χ3v) is 9.90. The fourth-order valence-corrected chi connectivity index (χ4v) is 6.74. The van der Waals surface area contributed by atoms with Crippen LogP contribution in [0.25, 0.3) is 0 Å². The molecule has 2 rings (SSSR count). The fourth-order valence-electron chi connectivity index (χ4n) is 6.74. The summed E-state index contributed by atoms with van der Waals surface area (Å²) in [5.41, 5.74) is 4.92. The summed E-state index contributed by atoms with van der Waals surface area (Å²) in [7, 11) is 0. The van der Waals surface area contributed by atoms with Gasteiger partial charge in [-0.15, -0.1) is 0 Å². The van der Waals surface area contributed by atoms with E-state index in [2.05, 4.69) is 76.2 Å². The second-order valence-corrected chi connectivity index (χ2v) is 14.6. The zero-order chi connectivity index (χ0) is 37.8. The minimum Gasteiger partial charge on any atom is -0.436 e. The van der Waals surface area contributed by atoms with Gasteiger partial charge in [-0.25, -0.2) is 0 Å². The molecule has 0 amide bonds. The van der Waals surface area contributed by atoms with E-state index in [9.17, 15) is 9.59 Å². The van der Waals surface area contributed by atoms with Gasteiger partial charge in [-0.3, -0.25) is 9.59 Å². The Labute approximate surface area is 318 Å². The molecule has 0 bridgehead atoms. The van der Waals surface area contributed by atoms with Crippen LogP contribution in [-0.2, 0) is 41.4 Å². The number of hydrogen-bond donors (Lipinski definition) is 0. The maximum atomic E-state index is 12.5. The van der Waals surface area contributed by atoms with E-state index in [1.807, 2.05) is 0 Å². The number of unbranched alkanes of at least 4 members (excludes halogenated alkanes) is 13. The Balaban J connectivity index is 1.61. The van der Waals surface area contributed by atoms with Crippen molar-refractivity contribution in [2.24, 2.45) is 0 Å². The normalized spacial score (nSPS) is 13.7. The van der Waals surface area contributed by atoms with Gasteiger partial charge in [0.15, 0.2) is 0 Å². The first-order valence-electron chi connectivity index (χ1n) is 21.2. The monoisotopic (exact) mass is 723 g/mol. The largest absolute Gasteiger partial charge is 0.436 e. The van der Waals surface area contributed by atoms with Gasteiger partial charge in [-0.2, -0.15) is 0 Å². The minimum atomic E-state index is -0.652. The number of benzene rings is 2. The van der Waals surface area contributed by atoms with Gasteiger partial charge >= 0.3 is 11.9 Å².